The van der Waals surface area contributed by atoms with Crippen LogP contribution in [0.5, 0.6) is 0 Å². The molecule has 0 aliphatic heterocycles. The predicted molar refractivity (Wildman–Crippen MR) is 88.1 cm³/mol. The van der Waals surface area contributed by atoms with E-state index in [0.717, 1.165) is 15.8 Å². The van der Waals surface area contributed by atoms with E-state index in [1.54, 1.807) is 17.9 Å². The third-order valence-corrected chi connectivity index (χ3v) is 4.83. The lowest BCUT2D eigenvalue weighted by Crippen LogP contribution is -2.15. The Morgan fingerprint density at radius 1 is 1.18 bits per heavy atom. The van der Waals surface area contributed by atoms with Crippen molar-refractivity contribution in [1.29, 1.82) is 0 Å². The van der Waals surface area contributed by atoms with Crippen molar-refractivity contribution in [2.45, 2.75) is 20.8 Å². The molecule has 0 atom stereocenters. The van der Waals surface area contributed by atoms with Gasteiger partial charge in [-0.25, -0.2) is 0 Å². The average molecular weight is 314 g/mol. The lowest BCUT2D eigenvalue weighted by atomic mass is 10.1. The van der Waals surface area contributed by atoms with Crippen LogP contribution in [0.3, 0.4) is 0 Å². The lowest BCUT2D eigenvalue weighted by Gasteiger charge is -2.01. The Morgan fingerprint density at radius 2 is 1.91 bits per heavy atom. The van der Waals surface area contributed by atoms with Gasteiger partial charge in [0.15, 0.2) is 4.80 Å². The van der Waals surface area contributed by atoms with Gasteiger partial charge in [-0.05, 0) is 38.0 Å². The summed E-state index contributed by atoms with van der Waals surface area (Å²) in [4.78, 5) is 17.5. The van der Waals surface area contributed by atoms with Crippen molar-refractivity contribution in [3.8, 4) is 0 Å². The summed E-state index contributed by atoms with van der Waals surface area (Å²) in [6.07, 6.45) is 1.68. The lowest BCUT2D eigenvalue weighted by molar-refractivity contribution is 0.0988. The van der Waals surface area contributed by atoms with Crippen LogP contribution in [0.4, 0.5) is 0 Å². The summed E-state index contributed by atoms with van der Waals surface area (Å²) in [5, 5.41) is 4.10. The molecule has 5 nitrogen and oxygen atoms in total. The third kappa shape index (κ3) is 2.29. The van der Waals surface area contributed by atoms with Gasteiger partial charge in [0.2, 0.25) is 0 Å². The number of aromatic nitrogens is 3. The number of benzene rings is 1. The maximum Gasteiger partial charge on any atom is 0.298 e. The van der Waals surface area contributed by atoms with Gasteiger partial charge in [0.25, 0.3) is 5.91 Å². The van der Waals surface area contributed by atoms with E-state index < -0.39 is 0 Å². The summed E-state index contributed by atoms with van der Waals surface area (Å²) in [5.41, 5.74) is 4.91. The Hall–Kier alpha value is -2.21. The van der Waals surface area contributed by atoms with Crippen molar-refractivity contribution in [2.24, 2.45) is 19.1 Å². The molecule has 0 spiro atoms. The van der Waals surface area contributed by atoms with E-state index in [2.05, 4.69) is 36.1 Å². The first-order valence-electron chi connectivity index (χ1n) is 7.03. The normalized spacial score (nSPS) is 12.3. The number of hydrogen-bond acceptors (Lipinski definition) is 3. The first-order valence-corrected chi connectivity index (χ1v) is 7.84. The van der Waals surface area contributed by atoms with Gasteiger partial charge in [-0.15, -0.1) is 0 Å². The molecule has 2 aromatic heterocycles. The molecule has 0 unspecified atom stereocenters. The molecule has 6 heteroatoms. The van der Waals surface area contributed by atoms with Crippen LogP contribution >= 0.6 is 11.3 Å². The highest BCUT2D eigenvalue weighted by Crippen LogP contribution is 2.22. The number of carbonyl (C=O) groups is 1. The number of thiazole rings is 1. The number of carbonyl (C=O) groups excluding carboxylic acids is 1. The van der Waals surface area contributed by atoms with Crippen LogP contribution in [0.25, 0.3) is 10.2 Å². The summed E-state index contributed by atoms with van der Waals surface area (Å²) >= 11 is 1.54. The quantitative estimate of drug-likeness (QED) is 0.693. The van der Waals surface area contributed by atoms with E-state index in [1.165, 1.54) is 22.5 Å². The summed E-state index contributed by atoms with van der Waals surface area (Å²) in [5.74, 6) is -0.256. The number of hydrogen-bond donors (Lipinski definition) is 0. The summed E-state index contributed by atoms with van der Waals surface area (Å²) in [6.45, 7) is 6.03. The Morgan fingerprint density at radius 3 is 2.55 bits per heavy atom. The van der Waals surface area contributed by atoms with Crippen molar-refractivity contribution in [3.05, 3.63) is 45.5 Å². The van der Waals surface area contributed by atoms with Gasteiger partial charge in [-0.3, -0.25) is 9.48 Å². The fourth-order valence-electron chi connectivity index (χ4n) is 2.78. The SMILES string of the molecule is Cc1cc(C)c2c(c1)sc(=NC(=O)c1c(C)cnn1C)n2C. The maximum absolute atomic E-state index is 12.5. The van der Waals surface area contributed by atoms with Gasteiger partial charge < -0.3 is 4.57 Å². The Kier molecular flexibility index (Phi) is 3.48. The molecule has 0 radical (unpaired) electrons. The maximum atomic E-state index is 12.5. The minimum absolute atomic E-state index is 0.256. The summed E-state index contributed by atoms with van der Waals surface area (Å²) < 4.78 is 4.70. The summed E-state index contributed by atoms with van der Waals surface area (Å²) in [7, 11) is 3.71. The number of nitrogens with zero attached hydrogens (tertiary/aromatic N) is 4. The zero-order valence-electron chi connectivity index (χ0n) is 13.3. The highest BCUT2D eigenvalue weighted by Gasteiger charge is 2.14. The van der Waals surface area contributed by atoms with Crippen LogP contribution in [0.1, 0.15) is 27.2 Å². The fraction of sp³-hybridized carbons (Fsp3) is 0.312. The highest BCUT2D eigenvalue weighted by atomic mass is 32.1. The minimum Gasteiger partial charge on any atom is -0.319 e. The van der Waals surface area contributed by atoms with E-state index in [4.69, 9.17) is 0 Å². The van der Waals surface area contributed by atoms with Gasteiger partial charge in [0.05, 0.1) is 16.4 Å². The molecule has 3 rings (SSSR count). The number of aryl methyl sites for hydroxylation is 5. The highest BCUT2D eigenvalue weighted by molar-refractivity contribution is 7.16. The molecule has 1 amide bonds. The van der Waals surface area contributed by atoms with Gasteiger partial charge in [0, 0.05) is 19.7 Å². The van der Waals surface area contributed by atoms with Crippen molar-refractivity contribution >= 4 is 27.5 Å². The Labute approximate surface area is 132 Å². The molecular formula is C16H18N4OS. The molecule has 2 heterocycles. The first kappa shape index (κ1) is 14.7. The van der Waals surface area contributed by atoms with E-state index in [-0.39, 0.29) is 5.91 Å². The van der Waals surface area contributed by atoms with Crippen LogP contribution < -0.4 is 4.80 Å². The average Bonchev–Trinajstić information content (AvgIpc) is 2.90. The minimum atomic E-state index is -0.256. The summed E-state index contributed by atoms with van der Waals surface area (Å²) in [6, 6.07) is 4.28. The Balaban J connectivity index is 2.20. The molecule has 3 aromatic rings. The van der Waals surface area contributed by atoms with E-state index >= 15 is 0 Å². The zero-order chi connectivity index (χ0) is 16.0. The molecule has 0 N–H and O–H groups in total. The predicted octanol–water partition coefficient (Wildman–Crippen LogP) is 2.64. The largest absolute Gasteiger partial charge is 0.319 e. The van der Waals surface area contributed by atoms with Crippen LogP contribution in [-0.4, -0.2) is 20.3 Å². The van der Waals surface area contributed by atoms with Crippen LogP contribution in [0, 0.1) is 20.8 Å². The van der Waals surface area contributed by atoms with Crippen LogP contribution in [-0.2, 0) is 14.1 Å². The molecule has 1 aromatic carbocycles. The van der Waals surface area contributed by atoms with E-state index in [1.807, 2.05) is 18.5 Å². The molecule has 0 fully saturated rings. The van der Waals surface area contributed by atoms with Crippen molar-refractivity contribution < 1.29 is 4.79 Å². The first-order chi connectivity index (χ1) is 10.4. The fourth-order valence-corrected chi connectivity index (χ4v) is 3.98. The molecule has 0 saturated heterocycles. The number of rotatable bonds is 1. The topological polar surface area (TPSA) is 52.2 Å². The Bertz CT molecular complexity index is 939. The molecule has 0 aliphatic rings. The van der Waals surface area contributed by atoms with E-state index in [9.17, 15) is 4.79 Å². The molecule has 0 saturated carbocycles. The van der Waals surface area contributed by atoms with Crippen LogP contribution in [0.2, 0.25) is 0 Å². The zero-order valence-corrected chi connectivity index (χ0v) is 14.2. The number of fused-ring (bicyclic) bond motifs is 1. The van der Waals surface area contributed by atoms with Gasteiger partial charge in [0.1, 0.15) is 5.69 Å². The molecule has 0 aliphatic carbocycles. The second kappa shape index (κ2) is 5.21. The van der Waals surface area contributed by atoms with Gasteiger partial charge >= 0.3 is 0 Å². The smallest absolute Gasteiger partial charge is 0.298 e. The second-order valence-electron chi connectivity index (χ2n) is 5.59. The molecule has 114 valence electrons. The standard InChI is InChI=1S/C16H18N4OS/c1-9-6-10(2)13-12(7-9)22-16(19(13)4)18-15(21)14-11(3)8-17-20(14)5/h6-8H,1-5H3. The molecule has 0 bridgehead atoms. The van der Waals surface area contributed by atoms with Crippen molar-refractivity contribution in [3.63, 3.8) is 0 Å². The monoisotopic (exact) mass is 314 g/mol. The van der Waals surface area contributed by atoms with Gasteiger partial charge in [-0.2, -0.15) is 10.1 Å². The van der Waals surface area contributed by atoms with E-state index in [0.29, 0.717) is 10.5 Å². The van der Waals surface area contributed by atoms with Gasteiger partial charge in [-0.1, -0.05) is 17.4 Å². The van der Waals surface area contributed by atoms with Crippen molar-refractivity contribution in [2.75, 3.05) is 0 Å². The van der Waals surface area contributed by atoms with Crippen molar-refractivity contribution in [1.82, 2.24) is 14.3 Å². The molecule has 22 heavy (non-hydrogen) atoms. The third-order valence-electron chi connectivity index (χ3n) is 3.75. The molecular weight excluding hydrogens is 296 g/mol. The number of amides is 1. The van der Waals surface area contributed by atoms with Crippen LogP contribution in [0.15, 0.2) is 23.3 Å². The second-order valence-corrected chi connectivity index (χ2v) is 6.60.